The molecule has 1 aliphatic rings. The third-order valence-corrected chi connectivity index (χ3v) is 2.60. The largest absolute Gasteiger partial charge is 0.341 e. The minimum absolute atomic E-state index is 0.107. The molecule has 0 radical (unpaired) electrons. The molecule has 1 heterocycles. The summed E-state index contributed by atoms with van der Waals surface area (Å²) in [6.45, 7) is 6.39. The first kappa shape index (κ1) is 11.0. The van der Waals surface area contributed by atoms with Gasteiger partial charge in [0.15, 0.2) is 0 Å². The summed E-state index contributed by atoms with van der Waals surface area (Å²) in [4.78, 5) is 26.2. The predicted octanol–water partition coefficient (Wildman–Crippen LogP) is 0.477. The summed E-state index contributed by atoms with van der Waals surface area (Å²) >= 11 is 0. The van der Waals surface area contributed by atoms with E-state index in [1.807, 2.05) is 16.7 Å². The molecule has 14 heavy (non-hydrogen) atoms. The molecule has 1 aliphatic heterocycles. The molecule has 2 amide bonds. The van der Waals surface area contributed by atoms with Gasteiger partial charge in [0.05, 0.1) is 0 Å². The number of amides is 2. The standard InChI is InChI=1S/C10H18N2O2/c1-3-10(14)12-6-4-5-11(7-8-12)9(2)13/h3-8H2,1-2H3. The van der Waals surface area contributed by atoms with Crippen LogP contribution in [0.4, 0.5) is 0 Å². The van der Waals surface area contributed by atoms with Crippen molar-refractivity contribution in [1.82, 2.24) is 9.80 Å². The summed E-state index contributed by atoms with van der Waals surface area (Å²) in [6, 6.07) is 0. The number of carbonyl (C=O) groups is 2. The molecule has 1 saturated heterocycles. The first-order valence-electron chi connectivity index (χ1n) is 5.18. The summed E-state index contributed by atoms with van der Waals surface area (Å²) < 4.78 is 0. The number of hydrogen-bond donors (Lipinski definition) is 0. The van der Waals surface area contributed by atoms with Crippen LogP contribution in [0.3, 0.4) is 0 Å². The molecule has 80 valence electrons. The molecule has 0 atom stereocenters. The zero-order chi connectivity index (χ0) is 10.6. The smallest absolute Gasteiger partial charge is 0.222 e. The maximum Gasteiger partial charge on any atom is 0.222 e. The molecule has 4 nitrogen and oxygen atoms in total. The molecule has 0 bridgehead atoms. The Kier molecular flexibility index (Phi) is 3.92. The Hall–Kier alpha value is -1.06. The molecule has 0 aromatic carbocycles. The normalized spacial score (nSPS) is 17.9. The van der Waals surface area contributed by atoms with Crippen molar-refractivity contribution in [1.29, 1.82) is 0 Å². The quantitative estimate of drug-likeness (QED) is 0.615. The van der Waals surface area contributed by atoms with E-state index in [-0.39, 0.29) is 11.8 Å². The van der Waals surface area contributed by atoms with Crippen LogP contribution in [0.2, 0.25) is 0 Å². The van der Waals surface area contributed by atoms with Crippen molar-refractivity contribution in [2.45, 2.75) is 26.7 Å². The summed E-state index contributed by atoms with van der Waals surface area (Å²) in [6.07, 6.45) is 1.45. The molecule has 1 rings (SSSR count). The van der Waals surface area contributed by atoms with E-state index in [1.54, 1.807) is 6.92 Å². The molecular weight excluding hydrogens is 180 g/mol. The van der Waals surface area contributed by atoms with Crippen molar-refractivity contribution in [3.63, 3.8) is 0 Å². The second-order valence-electron chi connectivity index (χ2n) is 3.59. The highest BCUT2D eigenvalue weighted by atomic mass is 16.2. The molecule has 0 aromatic heterocycles. The van der Waals surface area contributed by atoms with Crippen molar-refractivity contribution in [2.75, 3.05) is 26.2 Å². The van der Waals surface area contributed by atoms with Crippen LogP contribution in [0.25, 0.3) is 0 Å². The van der Waals surface area contributed by atoms with E-state index >= 15 is 0 Å². The van der Waals surface area contributed by atoms with Crippen LogP contribution in [0.15, 0.2) is 0 Å². The SMILES string of the molecule is CCC(=O)N1CCCN(C(C)=O)CC1. The maximum atomic E-state index is 11.4. The minimum atomic E-state index is 0.107. The second-order valence-corrected chi connectivity index (χ2v) is 3.59. The van der Waals surface area contributed by atoms with Crippen LogP contribution in [0, 0.1) is 0 Å². The lowest BCUT2D eigenvalue weighted by Gasteiger charge is -2.20. The molecule has 0 N–H and O–H groups in total. The second kappa shape index (κ2) is 4.98. The van der Waals surface area contributed by atoms with E-state index in [9.17, 15) is 9.59 Å². The highest BCUT2D eigenvalue weighted by Crippen LogP contribution is 2.04. The van der Waals surface area contributed by atoms with Gasteiger partial charge >= 0.3 is 0 Å². The Labute approximate surface area is 84.9 Å². The van der Waals surface area contributed by atoms with E-state index in [4.69, 9.17) is 0 Å². The van der Waals surface area contributed by atoms with Gasteiger partial charge in [0.2, 0.25) is 11.8 Å². The van der Waals surface area contributed by atoms with Gasteiger partial charge in [0, 0.05) is 39.5 Å². The summed E-state index contributed by atoms with van der Waals surface area (Å²) in [5.74, 6) is 0.297. The maximum absolute atomic E-state index is 11.4. The van der Waals surface area contributed by atoms with Crippen LogP contribution in [0.5, 0.6) is 0 Å². The Morgan fingerprint density at radius 1 is 1.07 bits per heavy atom. The molecule has 0 aromatic rings. The first-order valence-corrected chi connectivity index (χ1v) is 5.18. The number of nitrogens with zero attached hydrogens (tertiary/aromatic N) is 2. The molecule has 1 fully saturated rings. The van der Waals surface area contributed by atoms with Crippen molar-refractivity contribution in [3.8, 4) is 0 Å². The van der Waals surface area contributed by atoms with Gasteiger partial charge in [-0.1, -0.05) is 6.92 Å². The zero-order valence-corrected chi connectivity index (χ0v) is 8.95. The number of hydrogen-bond acceptors (Lipinski definition) is 2. The van der Waals surface area contributed by atoms with E-state index < -0.39 is 0 Å². The average molecular weight is 198 g/mol. The summed E-state index contributed by atoms with van der Waals surface area (Å²) in [5.41, 5.74) is 0. The fourth-order valence-corrected chi connectivity index (χ4v) is 1.71. The third-order valence-electron chi connectivity index (χ3n) is 2.60. The molecule has 0 spiro atoms. The third kappa shape index (κ3) is 2.72. The zero-order valence-electron chi connectivity index (χ0n) is 8.95. The lowest BCUT2D eigenvalue weighted by atomic mass is 10.3. The van der Waals surface area contributed by atoms with Gasteiger partial charge in [-0.2, -0.15) is 0 Å². The Morgan fingerprint density at radius 3 is 2.21 bits per heavy atom. The van der Waals surface area contributed by atoms with Gasteiger partial charge in [-0.3, -0.25) is 9.59 Å². The fraction of sp³-hybridized carbons (Fsp3) is 0.800. The molecular formula is C10H18N2O2. The van der Waals surface area contributed by atoms with Gasteiger partial charge in [-0.15, -0.1) is 0 Å². The van der Waals surface area contributed by atoms with Gasteiger partial charge in [0.1, 0.15) is 0 Å². The van der Waals surface area contributed by atoms with Gasteiger partial charge in [-0.25, -0.2) is 0 Å². The predicted molar refractivity (Wildman–Crippen MR) is 53.7 cm³/mol. The lowest BCUT2D eigenvalue weighted by Crippen LogP contribution is -2.36. The van der Waals surface area contributed by atoms with Crippen LogP contribution in [0.1, 0.15) is 26.7 Å². The van der Waals surface area contributed by atoms with E-state index in [2.05, 4.69) is 0 Å². The monoisotopic (exact) mass is 198 g/mol. The average Bonchev–Trinajstić information content (AvgIpc) is 2.41. The molecule has 4 heteroatoms. The van der Waals surface area contributed by atoms with Gasteiger partial charge in [0.25, 0.3) is 0 Å². The van der Waals surface area contributed by atoms with E-state index in [0.29, 0.717) is 19.5 Å². The van der Waals surface area contributed by atoms with E-state index in [0.717, 1.165) is 19.5 Å². The first-order chi connectivity index (χ1) is 6.65. The Bertz CT molecular complexity index is 228. The van der Waals surface area contributed by atoms with Crippen molar-refractivity contribution < 1.29 is 9.59 Å². The van der Waals surface area contributed by atoms with Crippen LogP contribution < -0.4 is 0 Å². The van der Waals surface area contributed by atoms with Crippen molar-refractivity contribution in [2.24, 2.45) is 0 Å². The lowest BCUT2D eigenvalue weighted by molar-refractivity contribution is -0.132. The summed E-state index contributed by atoms with van der Waals surface area (Å²) in [7, 11) is 0. The molecule has 0 saturated carbocycles. The van der Waals surface area contributed by atoms with Crippen molar-refractivity contribution in [3.05, 3.63) is 0 Å². The van der Waals surface area contributed by atoms with Crippen molar-refractivity contribution >= 4 is 11.8 Å². The highest BCUT2D eigenvalue weighted by Gasteiger charge is 2.18. The molecule has 0 unspecified atom stereocenters. The number of carbonyl (C=O) groups excluding carboxylic acids is 2. The van der Waals surface area contributed by atoms with Crippen LogP contribution in [-0.2, 0) is 9.59 Å². The topological polar surface area (TPSA) is 40.6 Å². The molecule has 0 aliphatic carbocycles. The van der Waals surface area contributed by atoms with Gasteiger partial charge in [-0.05, 0) is 6.42 Å². The van der Waals surface area contributed by atoms with Gasteiger partial charge < -0.3 is 9.80 Å². The summed E-state index contributed by atoms with van der Waals surface area (Å²) in [5, 5.41) is 0. The fourth-order valence-electron chi connectivity index (χ4n) is 1.71. The number of rotatable bonds is 1. The van der Waals surface area contributed by atoms with Crippen LogP contribution in [-0.4, -0.2) is 47.8 Å². The van der Waals surface area contributed by atoms with Crippen LogP contribution >= 0.6 is 0 Å². The highest BCUT2D eigenvalue weighted by molar-refractivity contribution is 5.76. The Balaban J connectivity index is 2.48. The minimum Gasteiger partial charge on any atom is -0.341 e. The van der Waals surface area contributed by atoms with E-state index in [1.165, 1.54) is 0 Å². The Morgan fingerprint density at radius 2 is 1.64 bits per heavy atom.